The number of unbranched alkanes of at least 4 members (excludes halogenated alkanes) is 5. The molecular formula is C33H43N3O4. The molecule has 7 nitrogen and oxygen atoms in total. The first-order valence-corrected chi connectivity index (χ1v) is 14.5. The Morgan fingerprint density at radius 2 is 1.62 bits per heavy atom. The van der Waals surface area contributed by atoms with Crippen molar-refractivity contribution in [2.45, 2.75) is 77.8 Å². The van der Waals surface area contributed by atoms with Gasteiger partial charge in [0.15, 0.2) is 0 Å². The molecule has 2 aromatic carbocycles. The van der Waals surface area contributed by atoms with E-state index in [4.69, 9.17) is 9.47 Å². The Hall–Kier alpha value is -3.74. The van der Waals surface area contributed by atoms with Crippen LogP contribution in [0.15, 0.2) is 60.8 Å². The molecule has 1 unspecified atom stereocenters. The number of aromatic nitrogens is 1. The maximum absolute atomic E-state index is 14.3. The molecule has 0 fully saturated rings. The normalized spacial score (nSPS) is 14.1. The van der Waals surface area contributed by atoms with Gasteiger partial charge < -0.3 is 18.9 Å². The summed E-state index contributed by atoms with van der Waals surface area (Å²) in [5.74, 6) is 1.23. The van der Waals surface area contributed by atoms with Gasteiger partial charge in [-0.3, -0.25) is 14.5 Å². The van der Waals surface area contributed by atoms with Crippen molar-refractivity contribution in [3.05, 3.63) is 72.1 Å². The average molecular weight is 546 g/mol. The summed E-state index contributed by atoms with van der Waals surface area (Å²) in [4.78, 5) is 31.2. The van der Waals surface area contributed by atoms with Gasteiger partial charge in [-0.25, -0.2) is 0 Å². The van der Waals surface area contributed by atoms with Crippen molar-refractivity contribution < 1.29 is 19.1 Å². The zero-order valence-electron chi connectivity index (χ0n) is 24.6. The van der Waals surface area contributed by atoms with Gasteiger partial charge in [-0.15, -0.1) is 0 Å². The first-order chi connectivity index (χ1) is 19.4. The molecule has 0 aliphatic carbocycles. The average Bonchev–Trinajstić information content (AvgIpc) is 3.46. The topological polar surface area (TPSA) is 64.0 Å². The second-order valence-electron chi connectivity index (χ2n) is 10.7. The van der Waals surface area contributed by atoms with Crippen molar-refractivity contribution in [3.63, 3.8) is 0 Å². The zero-order valence-corrected chi connectivity index (χ0v) is 24.6. The molecule has 3 aromatic rings. The lowest BCUT2D eigenvalue weighted by molar-refractivity contribution is -0.137. The quantitative estimate of drug-likeness (QED) is 0.219. The summed E-state index contributed by atoms with van der Waals surface area (Å²) in [6, 6.07) is 17.0. The lowest BCUT2D eigenvalue weighted by atomic mass is 9.96. The molecule has 1 aliphatic heterocycles. The number of hydrogen-bond donors (Lipinski definition) is 0. The molecule has 7 heteroatoms. The highest BCUT2D eigenvalue weighted by atomic mass is 16.5. The highest BCUT2D eigenvalue weighted by Crippen LogP contribution is 2.45. The van der Waals surface area contributed by atoms with Crippen molar-refractivity contribution in [2.75, 3.05) is 25.7 Å². The van der Waals surface area contributed by atoms with Gasteiger partial charge in [-0.2, -0.15) is 0 Å². The van der Waals surface area contributed by atoms with Gasteiger partial charge in [-0.1, -0.05) is 51.2 Å². The minimum absolute atomic E-state index is 0.00413. The van der Waals surface area contributed by atoms with Gasteiger partial charge in [-0.05, 0) is 62.7 Å². The number of anilines is 1. The van der Waals surface area contributed by atoms with Crippen LogP contribution in [0.25, 0.3) is 5.69 Å². The summed E-state index contributed by atoms with van der Waals surface area (Å²) in [7, 11) is 3.26. The minimum atomic E-state index is -0.467. The lowest BCUT2D eigenvalue weighted by Crippen LogP contribution is -2.48. The van der Waals surface area contributed by atoms with Crippen LogP contribution in [-0.4, -0.2) is 48.1 Å². The van der Waals surface area contributed by atoms with Crippen LogP contribution in [0.3, 0.4) is 0 Å². The minimum Gasteiger partial charge on any atom is -0.497 e. The monoisotopic (exact) mass is 545 g/mol. The number of carbonyl (C=O) groups excluding carboxylic acids is 2. The predicted octanol–water partition coefficient (Wildman–Crippen LogP) is 6.92. The third-order valence-electron chi connectivity index (χ3n) is 7.71. The maximum Gasteiger partial charge on any atom is 0.247 e. The summed E-state index contributed by atoms with van der Waals surface area (Å²) in [5, 5.41) is 0. The Labute approximate surface area is 238 Å². The number of fused-ring (bicyclic) bond motifs is 3. The number of benzene rings is 2. The number of methoxy groups -OCH3 is 2. The summed E-state index contributed by atoms with van der Waals surface area (Å²) in [6.45, 7) is 6.16. The van der Waals surface area contributed by atoms with Crippen LogP contribution in [0.5, 0.6) is 11.5 Å². The Kier molecular flexibility index (Phi) is 9.91. The molecule has 0 bridgehead atoms. The highest BCUT2D eigenvalue weighted by molar-refractivity contribution is 6.00. The Morgan fingerprint density at radius 1 is 0.900 bits per heavy atom. The van der Waals surface area contributed by atoms with Crippen molar-refractivity contribution in [1.29, 1.82) is 0 Å². The van der Waals surface area contributed by atoms with E-state index in [1.807, 2.05) is 79.5 Å². The molecule has 1 aliphatic rings. The Morgan fingerprint density at radius 3 is 2.33 bits per heavy atom. The molecule has 0 N–H and O–H groups in total. The van der Waals surface area contributed by atoms with E-state index in [2.05, 4.69) is 11.5 Å². The van der Waals surface area contributed by atoms with Crippen LogP contribution in [0.4, 0.5) is 5.69 Å². The summed E-state index contributed by atoms with van der Waals surface area (Å²) < 4.78 is 13.4. The van der Waals surface area contributed by atoms with Crippen molar-refractivity contribution in [3.8, 4) is 17.2 Å². The van der Waals surface area contributed by atoms with Crippen LogP contribution >= 0.6 is 0 Å². The number of rotatable bonds is 13. The van der Waals surface area contributed by atoms with E-state index in [-0.39, 0.29) is 24.4 Å². The SMILES string of the molecule is CCCCCCCCC(=O)N(CC(=O)N1c2ccccc2-n2cccc2C1c1cc(OC)ccc1OC)C(C)C. The summed E-state index contributed by atoms with van der Waals surface area (Å²) >= 11 is 0. The third kappa shape index (κ3) is 6.19. The number of hydrogen-bond acceptors (Lipinski definition) is 4. The van der Waals surface area contributed by atoms with E-state index < -0.39 is 6.04 Å². The van der Waals surface area contributed by atoms with Gasteiger partial charge in [0, 0.05) is 24.2 Å². The van der Waals surface area contributed by atoms with E-state index in [0.717, 1.165) is 41.9 Å². The van der Waals surface area contributed by atoms with E-state index >= 15 is 0 Å². The Balaban J connectivity index is 1.68. The largest absolute Gasteiger partial charge is 0.497 e. The molecule has 1 atom stereocenters. The molecule has 0 spiro atoms. The molecule has 40 heavy (non-hydrogen) atoms. The first-order valence-electron chi connectivity index (χ1n) is 14.5. The summed E-state index contributed by atoms with van der Waals surface area (Å²) in [5.41, 5.74) is 3.47. The Bertz CT molecular complexity index is 1300. The summed E-state index contributed by atoms with van der Waals surface area (Å²) in [6.07, 6.45) is 9.17. The fourth-order valence-electron chi connectivity index (χ4n) is 5.59. The van der Waals surface area contributed by atoms with Crippen LogP contribution in [0, 0.1) is 0 Å². The van der Waals surface area contributed by atoms with Crippen molar-refractivity contribution in [1.82, 2.24) is 9.47 Å². The third-order valence-corrected chi connectivity index (χ3v) is 7.71. The fourth-order valence-corrected chi connectivity index (χ4v) is 5.59. The van der Waals surface area contributed by atoms with E-state index in [9.17, 15) is 9.59 Å². The van der Waals surface area contributed by atoms with Gasteiger partial charge in [0.05, 0.1) is 31.3 Å². The molecule has 4 rings (SSSR count). The smallest absolute Gasteiger partial charge is 0.247 e. The van der Waals surface area contributed by atoms with Crippen molar-refractivity contribution in [2.24, 2.45) is 0 Å². The van der Waals surface area contributed by atoms with Crippen LogP contribution in [-0.2, 0) is 9.59 Å². The molecule has 2 amide bonds. The van der Waals surface area contributed by atoms with Gasteiger partial charge in [0.25, 0.3) is 0 Å². The van der Waals surface area contributed by atoms with Crippen molar-refractivity contribution >= 4 is 17.5 Å². The standard InChI is InChI=1S/C33H43N3O4/c1-6-7-8-9-10-11-18-31(37)35(24(2)3)23-32(38)36-28-16-13-12-15-27(28)34-21-14-17-29(34)33(36)26-22-25(39-4)19-20-30(26)40-5/h12-17,19-22,24,33H,6-11,18,23H2,1-5H3. The van der Waals surface area contributed by atoms with Crippen LogP contribution in [0.1, 0.15) is 83.0 Å². The first kappa shape index (κ1) is 29.2. The van der Waals surface area contributed by atoms with Gasteiger partial charge >= 0.3 is 0 Å². The number of para-hydroxylation sites is 2. The molecule has 0 saturated heterocycles. The zero-order chi connectivity index (χ0) is 28.6. The fraction of sp³-hybridized carbons (Fsp3) is 0.455. The number of nitrogens with zero attached hydrogens (tertiary/aromatic N) is 3. The second-order valence-corrected chi connectivity index (χ2v) is 10.7. The van der Waals surface area contributed by atoms with E-state index in [1.54, 1.807) is 19.1 Å². The number of amides is 2. The van der Waals surface area contributed by atoms with Crippen LogP contribution < -0.4 is 14.4 Å². The molecule has 214 valence electrons. The molecular weight excluding hydrogens is 502 g/mol. The van der Waals surface area contributed by atoms with E-state index in [0.29, 0.717) is 17.9 Å². The molecule has 1 aromatic heterocycles. The second kappa shape index (κ2) is 13.6. The molecule has 0 radical (unpaired) electrons. The van der Waals surface area contributed by atoms with Crippen LogP contribution in [0.2, 0.25) is 0 Å². The molecule has 2 heterocycles. The van der Waals surface area contributed by atoms with Gasteiger partial charge in [0.1, 0.15) is 24.1 Å². The van der Waals surface area contributed by atoms with E-state index in [1.165, 1.54) is 19.3 Å². The highest BCUT2D eigenvalue weighted by Gasteiger charge is 2.38. The number of ether oxygens (including phenoxy) is 2. The predicted molar refractivity (Wildman–Crippen MR) is 159 cm³/mol. The maximum atomic E-state index is 14.3. The van der Waals surface area contributed by atoms with Gasteiger partial charge in [0.2, 0.25) is 11.8 Å². The molecule has 0 saturated carbocycles. The lowest BCUT2D eigenvalue weighted by Gasteiger charge is -2.40. The number of carbonyl (C=O) groups is 2.